The Bertz CT molecular complexity index is 476. The predicted octanol–water partition coefficient (Wildman–Crippen LogP) is 1.56. The van der Waals surface area contributed by atoms with Crippen LogP contribution < -0.4 is 15.8 Å². The maximum Gasteiger partial charge on any atom is 0.251 e. The number of aliphatic hydroxyl groups is 1. The molecule has 5 nitrogen and oxygen atoms in total. The summed E-state index contributed by atoms with van der Waals surface area (Å²) in [6, 6.07) is 5.00. The molecule has 0 spiro atoms. The summed E-state index contributed by atoms with van der Waals surface area (Å²) >= 11 is 0. The van der Waals surface area contributed by atoms with Crippen LogP contribution in [-0.4, -0.2) is 30.8 Å². The first-order valence-electron chi connectivity index (χ1n) is 7.00. The molecule has 0 heterocycles. The molecule has 110 valence electrons. The molecule has 2 unspecified atom stereocenters. The molecule has 1 aliphatic carbocycles. The zero-order valence-corrected chi connectivity index (χ0v) is 11.8. The molecule has 20 heavy (non-hydrogen) atoms. The van der Waals surface area contributed by atoms with Crippen molar-refractivity contribution in [2.75, 3.05) is 19.4 Å². The van der Waals surface area contributed by atoms with Crippen molar-refractivity contribution >= 4 is 11.6 Å². The van der Waals surface area contributed by atoms with E-state index in [2.05, 4.69) is 5.32 Å². The van der Waals surface area contributed by atoms with Gasteiger partial charge in [-0.3, -0.25) is 4.79 Å². The Morgan fingerprint density at radius 2 is 2.30 bits per heavy atom. The highest BCUT2D eigenvalue weighted by Crippen LogP contribution is 2.24. The summed E-state index contributed by atoms with van der Waals surface area (Å²) in [7, 11) is 1.54. The van der Waals surface area contributed by atoms with Crippen molar-refractivity contribution in [2.45, 2.75) is 31.8 Å². The van der Waals surface area contributed by atoms with E-state index < -0.39 is 0 Å². The summed E-state index contributed by atoms with van der Waals surface area (Å²) < 4.78 is 5.06. The molecule has 1 aliphatic rings. The Labute approximate surface area is 119 Å². The van der Waals surface area contributed by atoms with E-state index in [4.69, 9.17) is 10.5 Å². The van der Waals surface area contributed by atoms with E-state index in [0.29, 0.717) is 29.5 Å². The zero-order valence-electron chi connectivity index (χ0n) is 11.8. The van der Waals surface area contributed by atoms with E-state index in [0.717, 1.165) is 25.7 Å². The molecule has 2 atom stereocenters. The SMILES string of the molecule is COc1ccc(C(=O)NCC2CCCC(O)C2)cc1N. The number of benzene rings is 1. The average molecular weight is 278 g/mol. The molecular weight excluding hydrogens is 256 g/mol. The number of carbonyl (C=O) groups excluding carboxylic acids is 1. The number of nitrogens with two attached hydrogens (primary N) is 1. The minimum Gasteiger partial charge on any atom is -0.495 e. The highest BCUT2D eigenvalue weighted by atomic mass is 16.5. The third-order valence-corrected chi connectivity index (χ3v) is 3.80. The molecule has 0 saturated heterocycles. The van der Waals surface area contributed by atoms with Gasteiger partial charge in [0.1, 0.15) is 5.75 Å². The van der Waals surface area contributed by atoms with Gasteiger partial charge in [-0.15, -0.1) is 0 Å². The molecular formula is C15H22N2O3. The Kier molecular flexibility index (Phi) is 4.84. The van der Waals surface area contributed by atoms with Crippen LogP contribution in [-0.2, 0) is 0 Å². The third-order valence-electron chi connectivity index (χ3n) is 3.80. The fraction of sp³-hybridized carbons (Fsp3) is 0.533. The largest absolute Gasteiger partial charge is 0.495 e. The molecule has 1 fully saturated rings. The van der Waals surface area contributed by atoms with E-state index in [1.54, 1.807) is 25.3 Å². The minimum absolute atomic E-state index is 0.139. The van der Waals surface area contributed by atoms with Crippen LogP contribution in [0, 0.1) is 5.92 Å². The maximum absolute atomic E-state index is 12.1. The minimum atomic E-state index is -0.220. The second-order valence-corrected chi connectivity index (χ2v) is 5.35. The lowest BCUT2D eigenvalue weighted by molar-refractivity contribution is 0.0874. The number of hydrogen-bond acceptors (Lipinski definition) is 4. The Hall–Kier alpha value is -1.75. The number of nitrogen functional groups attached to an aromatic ring is 1. The highest BCUT2D eigenvalue weighted by molar-refractivity contribution is 5.95. The number of rotatable bonds is 4. The number of carbonyl (C=O) groups is 1. The normalized spacial score (nSPS) is 22.3. The van der Waals surface area contributed by atoms with Gasteiger partial charge in [-0.2, -0.15) is 0 Å². The lowest BCUT2D eigenvalue weighted by Gasteiger charge is -2.25. The standard InChI is InChI=1S/C15H22N2O3/c1-20-14-6-5-11(8-13(14)16)15(19)17-9-10-3-2-4-12(18)7-10/h5-6,8,10,12,18H,2-4,7,9,16H2,1H3,(H,17,19). The van der Waals surface area contributed by atoms with Crippen molar-refractivity contribution in [1.82, 2.24) is 5.32 Å². The Morgan fingerprint density at radius 3 is 2.95 bits per heavy atom. The van der Waals surface area contributed by atoms with Crippen molar-refractivity contribution in [2.24, 2.45) is 5.92 Å². The number of methoxy groups -OCH3 is 1. The van der Waals surface area contributed by atoms with Crippen molar-refractivity contribution in [3.8, 4) is 5.75 Å². The van der Waals surface area contributed by atoms with Gasteiger partial charge in [0.25, 0.3) is 5.91 Å². The van der Waals surface area contributed by atoms with Gasteiger partial charge in [0.15, 0.2) is 0 Å². The first-order chi connectivity index (χ1) is 9.60. The van der Waals surface area contributed by atoms with Crippen molar-refractivity contribution in [1.29, 1.82) is 0 Å². The highest BCUT2D eigenvalue weighted by Gasteiger charge is 2.20. The smallest absolute Gasteiger partial charge is 0.251 e. The second kappa shape index (κ2) is 6.61. The van der Waals surface area contributed by atoms with Gasteiger partial charge in [0, 0.05) is 12.1 Å². The fourth-order valence-electron chi connectivity index (χ4n) is 2.66. The molecule has 2 rings (SSSR count). The maximum atomic E-state index is 12.1. The summed E-state index contributed by atoms with van der Waals surface area (Å²) in [5.41, 5.74) is 6.77. The van der Waals surface area contributed by atoms with Crippen molar-refractivity contribution < 1.29 is 14.6 Å². The number of ether oxygens (including phenoxy) is 1. The molecule has 0 aromatic heterocycles. The van der Waals surface area contributed by atoms with E-state index in [1.165, 1.54) is 0 Å². The molecule has 0 aliphatic heterocycles. The number of hydrogen-bond donors (Lipinski definition) is 3. The van der Waals surface area contributed by atoms with Crippen LogP contribution in [0.15, 0.2) is 18.2 Å². The van der Waals surface area contributed by atoms with Crippen molar-refractivity contribution in [3.05, 3.63) is 23.8 Å². The second-order valence-electron chi connectivity index (χ2n) is 5.35. The Morgan fingerprint density at radius 1 is 1.50 bits per heavy atom. The molecule has 4 N–H and O–H groups in total. The van der Waals surface area contributed by atoms with Gasteiger partial charge in [-0.25, -0.2) is 0 Å². The molecule has 0 radical (unpaired) electrons. The molecule has 1 amide bonds. The summed E-state index contributed by atoms with van der Waals surface area (Å²) in [6.07, 6.45) is 3.51. The monoisotopic (exact) mass is 278 g/mol. The van der Waals surface area contributed by atoms with E-state index in [1.807, 2.05) is 0 Å². The van der Waals surface area contributed by atoms with Crippen LogP contribution in [0.25, 0.3) is 0 Å². The lowest BCUT2D eigenvalue weighted by Crippen LogP contribution is -2.33. The summed E-state index contributed by atoms with van der Waals surface area (Å²) in [4.78, 5) is 12.1. The van der Waals surface area contributed by atoms with Crippen LogP contribution in [0.5, 0.6) is 5.75 Å². The summed E-state index contributed by atoms with van der Waals surface area (Å²) in [6.45, 7) is 0.599. The van der Waals surface area contributed by atoms with Crippen LogP contribution in [0.3, 0.4) is 0 Å². The van der Waals surface area contributed by atoms with Crippen molar-refractivity contribution in [3.63, 3.8) is 0 Å². The summed E-state index contributed by atoms with van der Waals surface area (Å²) in [5.74, 6) is 0.787. The first kappa shape index (κ1) is 14.7. The van der Waals surface area contributed by atoms with Gasteiger partial charge < -0.3 is 20.9 Å². The molecule has 1 aromatic rings. The van der Waals surface area contributed by atoms with Crippen LogP contribution >= 0.6 is 0 Å². The predicted molar refractivity (Wildman–Crippen MR) is 77.7 cm³/mol. The van der Waals surface area contributed by atoms with E-state index >= 15 is 0 Å². The van der Waals surface area contributed by atoms with Crippen LogP contribution in [0.4, 0.5) is 5.69 Å². The lowest BCUT2D eigenvalue weighted by atomic mass is 9.87. The number of anilines is 1. The van der Waals surface area contributed by atoms with Gasteiger partial charge in [-0.05, 0) is 43.4 Å². The first-order valence-corrected chi connectivity index (χ1v) is 7.00. The van der Waals surface area contributed by atoms with Crippen LogP contribution in [0.1, 0.15) is 36.0 Å². The average Bonchev–Trinajstić information content (AvgIpc) is 2.44. The van der Waals surface area contributed by atoms with E-state index in [9.17, 15) is 9.90 Å². The zero-order chi connectivity index (χ0) is 14.5. The topological polar surface area (TPSA) is 84.6 Å². The van der Waals surface area contributed by atoms with Gasteiger partial charge >= 0.3 is 0 Å². The molecule has 0 bridgehead atoms. The Balaban J connectivity index is 1.90. The van der Waals surface area contributed by atoms with Gasteiger partial charge in [0.05, 0.1) is 18.9 Å². The fourth-order valence-corrected chi connectivity index (χ4v) is 2.66. The van der Waals surface area contributed by atoms with Crippen LogP contribution in [0.2, 0.25) is 0 Å². The molecule has 1 aromatic carbocycles. The number of aliphatic hydroxyl groups excluding tert-OH is 1. The third kappa shape index (κ3) is 3.63. The number of nitrogens with one attached hydrogen (secondary N) is 1. The van der Waals surface area contributed by atoms with Gasteiger partial charge in [0.2, 0.25) is 0 Å². The van der Waals surface area contributed by atoms with Gasteiger partial charge in [-0.1, -0.05) is 6.42 Å². The quantitative estimate of drug-likeness (QED) is 0.730. The molecule has 5 heteroatoms. The number of amides is 1. The molecule has 1 saturated carbocycles. The van der Waals surface area contributed by atoms with E-state index in [-0.39, 0.29) is 12.0 Å². The summed E-state index contributed by atoms with van der Waals surface area (Å²) in [5, 5.41) is 12.5.